The maximum absolute atomic E-state index is 10.2. The summed E-state index contributed by atoms with van der Waals surface area (Å²) in [6.07, 6.45) is 1.77. The molecule has 1 atom stereocenters. The summed E-state index contributed by atoms with van der Waals surface area (Å²) >= 11 is 5.35. The summed E-state index contributed by atoms with van der Waals surface area (Å²) in [7, 11) is 0. The van der Waals surface area contributed by atoms with Gasteiger partial charge in [0.05, 0.1) is 0 Å². The van der Waals surface area contributed by atoms with Crippen molar-refractivity contribution >= 4 is 55.0 Å². The van der Waals surface area contributed by atoms with Gasteiger partial charge in [0.15, 0.2) is 0 Å². The summed E-state index contributed by atoms with van der Waals surface area (Å²) in [6.45, 7) is 0.684. The number of carbonyl (C=O) groups is 3. The van der Waals surface area contributed by atoms with E-state index in [9.17, 15) is 4.79 Å². The molecule has 1 heterocycles. The molecule has 18 heavy (non-hydrogen) atoms. The highest BCUT2D eigenvalue weighted by atomic mass is 35.5. The lowest BCUT2D eigenvalue weighted by atomic mass is 10.3. The lowest BCUT2D eigenvalue weighted by molar-refractivity contribution is -0.143. The molecular weight excluding hydrogens is 302 g/mol. The minimum absolute atomic E-state index is 0. The Kier molecular flexibility index (Phi) is 20.9. The molecule has 1 fully saturated rings. The van der Waals surface area contributed by atoms with Gasteiger partial charge in [-0.05, 0) is 18.6 Å². The number of carboxylic acid groups (broad SMARTS) is 2. The summed E-state index contributed by atoms with van der Waals surface area (Å²) in [5, 5.41) is 15.6. The largest absolute Gasteiger partial charge is 0.480 e. The van der Waals surface area contributed by atoms with Crippen LogP contribution in [0.4, 0.5) is 0 Å². The summed E-state index contributed by atoms with van der Waals surface area (Å²) < 4.78 is 0. The Morgan fingerprint density at radius 1 is 1.44 bits per heavy atom. The van der Waals surface area contributed by atoms with Crippen molar-refractivity contribution in [3.05, 3.63) is 0 Å². The van der Waals surface area contributed by atoms with Crippen molar-refractivity contribution in [3.8, 4) is 0 Å². The van der Waals surface area contributed by atoms with Crippen LogP contribution in [0.1, 0.15) is 12.8 Å². The van der Waals surface area contributed by atoms with Crippen molar-refractivity contribution < 1.29 is 24.6 Å². The highest BCUT2D eigenvalue weighted by Gasteiger charge is 2.21. The number of carbonyl (C=O) groups excluding carboxylic acids is 1. The van der Waals surface area contributed by atoms with Gasteiger partial charge in [-0.2, -0.15) is 12.6 Å². The monoisotopic (exact) mass is 319 g/mol. The Balaban J connectivity index is -0.000000198. The van der Waals surface area contributed by atoms with Gasteiger partial charge in [-0.1, -0.05) is 0 Å². The SMILES string of the molecule is Cl.NCCS.O=C(O)C1CCCS1.O=CC(=O)O. The zero-order chi connectivity index (χ0) is 13.7. The molecule has 0 aliphatic carbocycles. The molecule has 0 radical (unpaired) electrons. The van der Waals surface area contributed by atoms with Crippen molar-refractivity contribution in [3.63, 3.8) is 0 Å². The van der Waals surface area contributed by atoms with E-state index in [2.05, 4.69) is 12.6 Å². The fourth-order valence-electron chi connectivity index (χ4n) is 0.772. The molecule has 0 saturated carbocycles. The molecule has 1 unspecified atom stereocenters. The number of hydrogen-bond acceptors (Lipinski definition) is 6. The lowest BCUT2D eigenvalue weighted by Gasteiger charge is -1.96. The molecule has 0 bridgehead atoms. The van der Waals surface area contributed by atoms with Crippen LogP contribution in [0.15, 0.2) is 0 Å². The normalized spacial score (nSPS) is 16.0. The van der Waals surface area contributed by atoms with Gasteiger partial charge in [0.2, 0.25) is 6.29 Å². The first kappa shape index (κ1) is 22.7. The van der Waals surface area contributed by atoms with Crippen LogP contribution in [0.5, 0.6) is 0 Å². The molecule has 6 nitrogen and oxygen atoms in total. The molecule has 4 N–H and O–H groups in total. The minimum Gasteiger partial charge on any atom is -0.480 e. The highest BCUT2D eigenvalue weighted by Crippen LogP contribution is 2.25. The van der Waals surface area contributed by atoms with Crippen LogP contribution in [0.25, 0.3) is 0 Å². The van der Waals surface area contributed by atoms with Crippen LogP contribution >= 0.6 is 36.8 Å². The van der Waals surface area contributed by atoms with Gasteiger partial charge in [0, 0.05) is 12.3 Å². The molecule has 1 aliphatic heterocycles. The summed E-state index contributed by atoms with van der Waals surface area (Å²) in [5.74, 6) is -0.255. The zero-order valence-electron chi connectivity index (χ0n) is 9.65. The summed E-state index contributed by atoms with van der Waals surface area (Å²) in [4.78, 5) is 28.1. The Morgan fingerprint density at radius 2 is 1.89 bits per heavy atom. The van der Waals surface area contributed by atoms with Crippen LogP contribution in [0, 0.1) is 0 Å². The molecular formula is C9H18ClNO5S2. The molecule has 1 aliphatic rings. The van der Waals surface area contributed by atoms with Gasteiger partial charge < -0.3 is 15.9 Å². The molecule has 1 saturated heterocycles. The van der Waals surface area contributed by atoms with Crippen LogP contribution in [-0.2, 0) is 14.4 Å². The predicted octanol–water partition coefficient (Wildman–Crippen LogP) is 0.533. The Labute approximate surface area is 122 Å². The number of hydrogen-bond donors (Lipinski definition) is 4. The van der Waals surface area contributed by atoms with Crippen molar-refractivity contribution in [2.45, 2.75) is 18.1 Å². The Morgan fingerprint density at radius 3 is 2.00 bits per heavy atom. The number of aliphatic carboxylic acids is 2. The average Bonchev–Trinajstić information content (AvgIpc) is 2.84. The quantitative estimate of drug-likeness (QED) is 0.340. The van der Waals surface area contributed by atoms with Gasteiger partial charge in [-0.3, -0.25) is 9.59 Å². The Bertz CT molecular complexity index is 235. The maximum Gasteiger partial charge on any atom is 0.368 e. The molecule has 0 aromatic heterocycles. The molecule has 0 spiro atoms. The van der Waals surface area contributed by atoms with E-state index < -0.39 is 11.9 Å². The lowest BCUT2D eigenvalue weighted by Crippen LogP contribution is -2.11. The number of halogens is 1. The smallest absolute Gasteiger partial charge is 0.368 e. The van der Waals surface area contributed by atoms with E-state index in [4.69, 9.17) is 25.5 Å². The van der Waals surface area contributed by atoms with E-state index in [1.54, 1.807) is 11.8 Å². The number of rotatable bonds is 3. The standard InChI is InChI=1S/C5H8O2S.C2H7NS.C2H2O3.ClH/c6-5(7)4-2-1-3-8-4;3-1-2-4;3-1-2(4)5;/h4H,1-3H2,(H,6,7);4H,1-3H2;1H,(H,4,5);1H. The van der Waals surface area contributed by atoms with Gasteiger partial charge in [0.25, 0.3) is 0 Å². The first-order chi connectivity index (χ1) is 7.99. The number of carboxylic acids is 2. The number of nitrogens with two attached hydrogens (primary N) is 1. The first-order valence-corrected chi connectivity index (χ1v) is 6.51. The second-order valence-corrected chi connectivity index (χ2v) is 4.57. The topological polar surface area (TPSA) is 118 Å². The number of thiol groups is 1. The number of aldehydes is 1. The second kappa shape index (κ2) is 16.6. The third-order valence-corrected chi connectivity index (χ3v) is 3.06. The maximum atomic E-state index is 10.2. The van der Waals surface area contributed by atoms with E-state index in [1.807, 2.05) is 0 Å². The van der Waals surface area contributed by atoms with E-state index in [0.717, 1.165) is 24.3 Å². The second-order valence-electron chi connectivity index (χ2n) is 2.81. The van der Waals surface area contributed by atoms with Crippen LogP contribution in [-0.4, -0.2) is 51.7 Å². The van der Waals surface area contributed by atoms with Gasteiger partial charge in [-0.25, -0.2) is 4.79 Å². The Hall–Kier alpha value is -0.440. The molecule has 108 valence electrons. The van der Waals surface area contributed by atoms with Gasteiger partial charge in [0.1, 0.15) is 5.25 Å². The average molecular weight is 320 g/mol. The van der Waals surface area contributed by atoms with Gasteiger partial charge in [-0.15, -0.1) is 24.2 Å². The zero-order valence-corrected chi connectivity index (χ0v) is 12.2. The van der Waals surface area contributed by atoms with Crippen LogP contribution < -0.4 is 5.73 Å². The third-order valence-electron chi connectivity index (χ3n) is 1.44. The fourth-order valence-corrected chi connectivity index (χ4v) is 1.87. The minimum atomic E-state index is -1.43. The predicted molar refractivity (Wildman–Crippen MR) is 77.0 cm³/mol. The van der Waals surface area contributed by atoms with Crippen molar-refractivity contribution in [2.75, 3.05) is 18.1 Å². The van der Waals surface area contributed by atoms with E-state index in [0.29, 0.717) is 6.54 Å². The summed E-state index contributed by atoms with van der Waals surface area (Å²) in [6, 6.07) is 0. The van der Waals surface area contributed by atoms with E-state index in [-0.39, 0.29) is 23.9 Å². The third kappa shape index (κ3) is 17.9. The van der Waals surface area contributed by atoms with Crippen molar-refractivity contribution in [2.24, 2.45) is 5.73 Å². The summed E-state index contributed by atoms with van der Waals surface area (Å²) in [5.41, 5.74) is 4.95. The van der Waals surface area contributed by atoms with Gasteiger partial charge >= 0.3 is 11.9 Å². The fraction of sp³-hybridized carbons (Fsp3) is 0.667. The molecule has 9 heteroatoms. The number of thioether (sulfide) groups is 1. The van der Waals surface area contributed by atoms with Crippen molar-refractivity contribution in [1.29, 1.82) is 0 Å². The van der Waals surface area contributed by atoms with E-state index in [1.165, 1.54) is 0 Å². The molecule has 1 rings (SSSR count). The molecule has 0 aromatic rings. The first-order valence-electron chi connectivity index (χ1n) is 4.83. The van der Waals surface area contributed by atoms with Crippen molar-refractivity contribution in [1.82, 2.24) is 0 Å². The van der Waals surface area contributed by atoms with Crippen LogP contribution in [0.2, 0.25) is 0 Å². The van der Waals surface area contributed by atoms with Crippen LogP contribution in [0.3, 0.4) is 0 Å². The van der Waals surface area contributed by atoms with E-state index >= 15 is 0 Å². The molecule has 0 amide bonds. The molecule has 0 aromatic carbocycles. The highest BCUT2D eigenvalue weighted by molar-refractivity contribution is 8.00.